The van der Waals surface area contributed by atoms with E-state index in [1.807, 2.05) is 0 Å². The first-order valence-corrected chi connectivity index (χ1v) is 7.71. The molecule has 0 amide bonds. The highest BCUT2D eigenvalue weighted by atomic mass is 16.6. The standard InChI is InChI=1S/C15H26O8/c1-4-13(18)21-9-12(23-15(20)6-3)11(7-10(17)8-16)22-14(19)5-2/h10-12,16-17H,4-9H2,1-3H3. The molecule has 0 aliphatic heterocycles. The second-order valence-electron chi connectivity index (χ2n) is 4.87. The van der Waals surface area contributed by atoms with Crippen molar-refractivity contribution in [3.05, 3.63) is 0 Å². The third kappa shape index (κ3) is 9.14. The van der Waals surface area contributed by atoms with Crippen molar-refractivity contribution in [2.75, 3.05) is 13.2 Å². The van der Waals surface area contributed by atoms with E-state index in [0.29, 0.717) is 0 Å². The van der Waals surface area contributed by atoms with E-state index in [2.05, 4.69) is 0 Å². The van der Waals surface area contributed by atoms with Gasteiger partial charge in [0.2, 0.25) is 0 Å². The van der Waals surface area contributed by atoms with Gasteiger partial charge in [0.15, 0.2) is 6.10 Å². The maximum absolute atomic E-state index is 11.5. The number of rotatable bonds is 11. The van der Waals surface area contributed by atoms with E-state index < -0.39 is 42.8 Å². The Balaban J connectivity index is 5.09. The van der Waals surface area contributed by atoms with Crippen molar-refractivity contribution in [3.8, 4) is 0 Å². The average molecular weight is 334 g/mol. The monoisotopic (exact) mass is 334 g/mol. The normalized spacial score (nSPS) is 14.5. The van der Waals surface area contributed by atoms with Gasteiger partial charge in [0, 0.05) is 25.7 Å². The van der Waals surface area contributed by atoms with Crippen LogP contribution in [0.3, 0.4) is 0 Å². The molecule has 0 heterocycles. The Morgan fingerprint density at radius 2 is 1.35 bits per heavy atom. The highest BCUT2D eigenvalue weighted by molar-refractivity contribution is 5.70. The van der Waals surface area contributed by atoms with Gasteiger partial charge >= 0.3 is 17.9 Å². The molecule has 0 rings (SSSR count). The highest BCUT2D eigenvalue weighted by Crippen LogP contribution is 2.15. The Labute approximate surface area is 135 Å². The first-order chi connectivity index (χ1) is 10.9. The van der Waals surface area contributed by atoms with Crippen LogP contribution in [0.2, 0.25) is 0 Å². The molecule has 2 N–H and O–H groups in total. The fourth-order valence-electron chi connectivity index (χ4n) is 1.62. The zero-order valence-corrected chi connectivity index (χ0v) is 13.8. The van der Waals surface area contributed by atoms with E-state index in [9.17, 15) is 19.5 Å². The molecule has 0 aliphatic carbocycles. The maximum atomic E-state index is 11.5. The summed E-state index contributed by atoms with van der Waals surface area (Å²) < 4.78 is 15.3. The molecule has 0 saturated heterocycles. The topological polar surface area (TPSA) is 119 Å². The summed E-state index contributed by atoms with van der Waals surface area (Å²) in [5.74, 6) is -1.61. The summed E-state index contributed by atoms with van der Waals surface area (Å²) >= 11 is 0. The molecule has 0 spiro atoms. The molecular weight excluding hydrogens is 308 g/mol. The molecule has 3 atom stereocenters. The van der Waals surface area contributed by atoms with Gasteiger partial charge in [-0.25, -0.2) is 0 Å². The minimum absolute atomic E-state index is 0.0922. The first kappa shape index (κ1) is 21.3. The van der Waals surface area contributed by atoms with E-state index in [0.717, 1.165) is 0 Å². The molecule has 0 aromatic rings. The van der Waals surface area contributed by atoms with Crippen molar-refractivity contribution >= 4 is 17.9 Å². The minimum atomic E-state index is -1.16. The second-order valence-corrected chi connectivity index (χ2v) is 4.87. The number of aliphatic hydroxyl groups is 2. The summed E-state index contributed by atoms with van der Waals surface area (Å²) in [6, 6.07) is 0. The SMILES string of the molecule is CCC(=O)OCC(OC(=O)CC)C(CC(O)CO)OC(=O)CC. The third-order valence-electron chi connectivity index (χ3n) is 2.97. The number of carbonyl (C=O) groups excluding carboxylic acids is 3. The van der Waals surface area contributed by atoms with Gasteiger partial charge in [-0.3, -0.25) is 14.4 Å². The molecular formula is C15H26O8. The number of hydrogen-bond acceptors (Lipinski definition) is 8. The van der Waals surface area contributed by atoms with Crippen LogP contribution in [0.15, 0.2) is 0 Å². The zero-order chi connectivity index (χ0) is 17.8. The fraction of sp³-hybridized carbons (Fsp3) is 0.800. The summed E-state index contributed by atoms with van der Waals surface area (Å²) in [7, 11) is 0. The van der Waals surface area contributed by atoms with Crippen LogP contribution in [0, 0.1) is 0 Å². The Bertz CT molecular complexity index is 382. The van der Waals surface area contributed by atoms with E-state index in [1.165, 1.54) is 0 Å². The number of carbonyl (C=O) groups is 3. The third-order valence-corrected chi connectivity index (χ3v) is 2.97. The summed E-state index contributed by atoms with van der Waals surface area (Å²) in [6.07, 6.45) is -3.04. The first-order valence-electron chi connectivity index (χ1n) is 7.71. The zero-order valence-electron chi connectivity index (χ0n) is 13.8. The largest absolute Gasteiger partial charge is 0.462 e. The van der Waals surface area contributed by atoms with Gasteiger partial charge in [-0.05, 0) is 0 Å². The fourth-order valence-corrected chi connectivity index (χ4v) is 1.62. The van der Waals surface area contributed by atoms with E-state index in [4.69, 9.17) is 19.3 Å². The Morgan fingerprint density at radius 1 is 0.870 bits per heavy atom. The lowest BCUT2D eigenvalue weighted by Crippen LogP contribution is -2.41. The lowest BCUT2D eigenvalue weighted by Gasteiger charge is -2.27. The van der Waals surface area contributed by atoms with Crippen molar-refractivity contribution in [1.29, 1.82) is 0 Å². The van der Waals surface area contributed by atoms with Crippen LogP contribution in [0.1, 0.15) is 46.5 Å². The average Bonchev–Trinajstić information content (AvgIpc) is 2.56. The minimum Gasteiger partial charge on any atom is -0.462 e. The Hall–Kier alpha value is -1.67. The van der Waals surface area contributed by atoms with Gasteiger partial charge in [0.05, 0.1) is 12.7 Å². The lowest BCUT2D eigenvalue weighted by molar-refractivity contribution is -0.178. The van der Waals surface area contributed by atoms with Crippen LogP contribution in [0.5, 0.6) is 0 Å². The summed E-state index contributed by atoms with van der Waals surface area (Å²) in [5, 5.41) is 18.5. The number of ether oxygens (including phenoxy) is 3. The van der Waals surface area contributed by atoms with Crippen molar-refractivity contribution in [2.24, 2.45) is 0 Å². The molecule has 8 heteroatoms. The summed E-state index contributed by atoms with van der Waals surface area (Å²) in [6.45, 7) is 3.96. The second kappa shape index (κ2) is 11.8. The number of esters is 3. The molecule has 0 aliphatic rings. The van der Waals surface area contributed by atoms with E-state index in [-0.39, 0.29) is 32.3 Å². The Kier molecular flexibility index (Phi) is 11.0. The summed E-state index contributed by atoms with van der Waals surface area (Å²) in [4.78, 5) is 34.4. The molecule has 0 saturated carbocycles. The van der Waals surface area contributed by atoms with Gasteiger partial charge in [0.25, 0.3) is 0 Å². The predicted octanol–water partition coefficient (Wildman–Crippen LogP) is 0.326. The molecule has 0 aromatic heterocycles. The molecule has 8 nitrogen and oxygen atoms in total. The van der Waals surface area contributed by atoms with Gasteiger partial charge < -0.3 is 24.4 Å². The van der Waals surface area contributed by atoms with E-state index in [1.54, 1.807) is 20.8 Å². The van der Waals surface area contributed by atoms with Crippen LogP contribution in [0.25, 0.3) is 0 Å². The van der Waals surface area contributed by atoms with Crippen LogP contribution in [0.4, 0.5) is 0 Å². The van der Waals surface area contributed by atoms with Crippen molar-refractivity contribution in [3.63, 3.8) is 0 Å². The maximum Gasteiger partial charge on any atom is 0.306 e. The van der Waals surface area contributed by atoms with Crippen LogP contribution in [-0.2, 0) is 28.6 Å². The van der Waals surface area contributed by atoms with Crippen LogP contribution < -0.4 is 0 Å². The van der Waals surface area contributed by atoms with Crippen LogP contribution in [-0.4, -0.2) is 59.6 Å². The molecule has 0 fully saturated rings. The summed E-state index contributed by atoms with van der Waals surface area (Å²) in [5.41, 5.74) is 0. The van der Waals surface area contributed by atoms with Crippen molar-refractivity contribution < 1.29 is 38.8 Å². The van der Waals surface area contributed by atoms with Crippen molar-refractivity contribution in [2.45, 2.75) is 64.8 Å². The molecule has 0 radical (unpaired) electrons. The van der Waals surface area contributed by atoms with Gasteiger partial charge in [0.1, 0.15) is 12.7 Å². The Morgan fingerprint density at radius 3 is 1.78 bits per heavy atom. The molecule has 23 heavy (non-hydrogen) atoms. The van der Waals surface area contributed by atoms with Gasteiger partial charge in [-0.1, -0.05) is 20.8 Å². The molecule has 0 bridgehead atoms. The number of aliphatic hydroxyl groups excluding tert-OH is 2. The van der Waals surface area contributed by atoms with Gasteiger partial charge in [-0.2, -0.15) is 0 Å². The number of hydrogen-bond donors (Lipinski definition) is 2. The molecule has 3 unspecified atom stereocenters. The van der Waals surface area contributed by atoms with Crippen molar-refractivity contribution in [1.82, 2.24) is 0 Å². The van der Waals surface area contributed by atoms with Crippen LogP contribution >= 0.6 is 0 Å². The smallest absolute Gasteiger partial charge is 0.306 e. The quantitative estimate of drug-likeness (QED) is 0.410. The molecule has 0 aromatic carbocycles. The molecule has 134 valence electrons. The lowest BCUT2D eigenvalue weighted by atomic mass is 10.1. The predicted molar refractivity (Wildman–Crippen MR) is 79.3 cm³/mol. The van der Waals surface area contributed by atoms with Gasteiger partial charge in [-0.15, -0.1) is 0 Å². The highest BCUT2D eigenvalue weighted by Gasteiger charge is 2.31. The van der Waals surface area contributed by atoms with E-state index >= 15 is 0 Å².